The summed E-state index contributed by atoms with van der Waals surface area (Å²) < 4.78 is 0. The van der Waals surface area contributed by atoms with Crippen LogP contribution in [0.5, 0.6) is 0 Å². The molecule has 0 saturated heterocycles. The summed E-state index contributed by atoms with van der Waals surface area (Å²) in [7, 11) is 0. The van der Waals surface area contributed by atoms with Crippen molar-refractivity contribution < 1.29 is 0 Å². The first-order chi connectivity index (χ1) is 7.60. The van der Waals surface area contributed by atoms with E-state index in [-0.39, 0.29) is 0 Å². The van der Waals surface area contributed by atoms with Crippen molar-refractivity contribution in [1.82, 2.24) is 5.43 Å². The molecule has 90 valence electrons. The van der Waals surface area contributed by atoms with Crippen LogP contribution in [0.3, 0.4) is 0 Å². The molecule has 1 rings (SSSR count). The van der Waals surface area contributed by atoms with Crippen molar-refractivity contribution in [2.24, 2.45) is 5.84 Å². The molecule has 0 aliphatic rings. The smallest absolute Gasteiger partial charge is 0.0462 e. The second kappa shape index (κ2) is 6.02. The fourth-order valence-corrected chi connectivity index (χ4v) is 2.10. The van der Waals surface area contributed by atoms with Gasteiger partial charge in [-0.05, 0) is 49.4 Å². The van der Waals surface area contributed by atoms with Crippen molar-refractivity contribution in [3.05, 3.63) is 34.4 Å². The molecule has 0 bridgehead atoms. The van der Waals surface area contributed by atoms with Crippen molar-refractivity contribution in [1.29, 1.82) is 0 Å². The monoisotopic (exact) mass is 220 g/mol. The molecule has 0 fully saturated rings. The molecular weight excluding hydrogens is 196 g/mol. The fraction of sp³-hybridized carbons (Fsp3) is 0.571. The van der Waals surface area contributed by atoms with Gasteiger partial charge in [-0.25, -0.2) is 0 Å². The van der Waals surface area contributed by atoms with E-state index in [4.69, 9.17) is 5.84 Å². The number of nitrogens with two attached hydrogens (primary N) is 1. The van der Waals surface area contributed by atoms with E-state index in [0.717, 1.165) is 6.42 Å². The van der Waals surface area contributed by atoms with E-state index in [1.807, 2.05) is 0 Å². The van der Waals surface area contributed by atoms with E-state index in [1.165, 1.54) is 35.1 Å². The van der Waals surface area contributed by atoms with Crippen molar-refractivity contribution >= 4 is 0 Å². The quantitative estimate of drug-likeness (QED) is 0.590. The molecule has 1 atom stereocenters. The zero-order chi connectivity index (χ0) is 12.1. The zero-order valence-electron chi connectivity index (χ0n) is 10.9. The molecule has 0 aliphatic heterocycles. The van der Waals surface area contributed by atoms with Crippen LogP contribution in [0.1, 0.15) is 54.5 Å². The van der Waals surface area contributed by atoms with Crippen LogP contribution in [0.25, 0.3) is 0 Å². The zero-order valence-corrected chi connectivity index (χ0v) is 10.9. The van der Waals surface area contributed by atoms with Gasteiger partial charge in [0, 0.05) is 6.04 Å². The van der Waals surface area contributed by atoms with Crippen LogP contribution in [0.15, 0.2) is 12.1 Å². The SMILES string of the molecule is CCCCC(NN)c1cc(C)c(C)cc1C. The number of rotatable bonds is 5. The van der Waals surface area contributed by atoms with Crippen LogP contribution in [-0.4, -0.2) is 0 Å². The van der Waals surface area contributed by atoms with Gasteiger partial charge in [0.15, 0.2) is 0 Å². The van der Waals surface area contributed by atoms with Crippen molar-refractivity contribution in [3.8, 4) is 0 Å². The van der Waals surface area contributed by atoms with Gasteiger partial charge >= 0.3 is 0 Å². The van der Waals surface area contributed by atoms with Gasteiger partial charge in [0.2, 0.25) is 0 Å². The molecule has 0 spiro atoms. The van der Waals surface area contributed by atoms with Crippen molar-refractivity contribution in [3.63, 3.8) is 0 Å². The third kappa shape index (κ3) is 3.06. The van der Waals surface area contributed by atoms with Gasteiger partial charge in [-0.1, -0.05) is 31.9 Å². The van der Waals surface area contributed by atoms with E-state index >= 15 is 0 Å². The predicted octanol–water partition coefficient (Wildman–Crippen LogP) is 3.31. The average molecular weight is 220 g/mol. The summed E-state index contributed by atoms with van der Waals surface area (Å²) in [6.45, 7) is 8.69. The van der Waals surface area contributed by atoms with E-state index in [9.17, 15) is 0 Å². The molecule has 0 saturated carbocycles. The van der Waals surface area contributed by atoms with Crippen LogP contribution in [0.2, 0.25) is 0 Å². The highest BCUT2D eigenvalue weighted by Gasteiger charge is 2.12. The predicted molar refractivity (Wildman–Crippen MR) is 70.2 cm³/mol. The Morgan fingerprint density at radius 3 is 2.31 bits per heavy atom. The normalized spacial score (nSPS) is 12.8. The highest BCUT2D eigenvalue weighted by atomic mass is 15.2. The Morgan fingerprint density at radius 1 is 1.12 bits per heavy atom. The lowest BCUT2D eigenvalue weighted by molar-refractivity contribution is 0.493. The Hall–Kier alpha value is -0.860. The molecule has 0 heterocycles. The second-order valence-corrected chi connectivity index (χ2v) is 4.65. The van der Waals surface area contributed by atoms with Crippen molar-refractivity contribution in [2.45, 2.75) is 53.0 Å². The number of unbranched alkanes of at least 4 members (excludes halogenated alkanes) is 1. The molecule has 0 amide bonds. The number of hydrazine groups is 1. The summed E-state index contributed by atoms with van der Waals surface area (Å²) >= 11 is 0. The number of nitrogens with one attached hydrogen (secondary N) is 1. The lowest BCUT2D eigenvalue weighted by Crippen LogP contribution is -2.28. The maximum absolute atomic E-state index is 5.65. The molecular formula is C14H24N2. The summed E-state index contributed by atoms with van der Waals surface area (Å²) in [5.41, 5.74) is 8.32. The van der Waals surface area contributed by atoms with Crippen molar-refractivity contribution in [2.75, 3.05) is 0 Å². The summed E-state index contributed by atoms with van der Waals surface area (Å²) in [5, 5.41) is 0. The molecule has 2 nitrogen and oxygen atoms in total. The van der Waals surface area contributed by atoms with Crippen LogP contribution < -0.4 is 11.3 Å². The van der Waals surface area contributed by atoms with E-state index < -0.39 is 0 Å². The minimum atomic E-state index is 0.291. The van der Waals surface area contributed by atoms with E-state index in [0.29, 0.717) is 6.04 Å². The van der Waals surface area contributed by atoms with Crippen LogP contribution in [0.4, 0.5) is 0 Å². The molecule has 0 aliphatic carbocycles. The molecule has 1 aromatic rings. The molecule has 16 heavy (non-hydrogen) atoms. The first kappa shape index (κ1) is 13.2. The standard InChI is InChI=1S/C14H24N2/c1-5-6-7-14(16-15)13-9-11(3)10(2)8-12(13)4/h8-9,14,16H,5-7,15H2,1-4H3. The Kier molecular flexibility index (Phi) is 4.97. The van der Waals surface area contributed by atoms with Gasteiger partial charge in [0.05, 0.1) is 0 Å². The Balaban J connectivity index is 2.95. The van der Waals surface area contributed by atoms with Gasteiger partial charge in [-0.2, -0.15) is 0 Å². The summed E-state index contributed by atoms with van der Waals surface area (Å²) in [6.07, 6.45) is 3.53. The molecule has 0 aromatic heterocycles. The summed E-state index contributed by atoms with van der Waals surface area (Å²) in [5.74, 6) is 5.65. The lowest BCUT2D eigenvalue weighted by atomic mass is 9.93. The first-order valence-corrected chi connectivity index (χ1v) is 6.14. The lowest BCUT2D eigenvalue weighted by Gasteiger charge is -2.19. The summed E-state index contributed by atoms with van der Waals surface area (Å²) in [4.78, 5) is 0. The van der Waals surface area contributed by atoms with Gasteiger partial charge < -0.3 is 0 Å². The Bertz CT molecular complexity index is 345. The number of benzene rings is 1. The van der Waals surface area contributed by atoms with Crippen LogP contribution in [-0.2, 0) is 0 Å². The fourth-order valence-electron chi connectivity index (χ4n) is 2.10. The summed E-state index contributed by atoms with van der Waals surface area (Å²) in [6, 6.07) is 4.81. The molecule has 0 radical (unpaired) electrons. The average Bonchev–Trinajstić information content (AvgIpc) is 2.26. The Labute approximate surface area is 99.2 Å². The molecule has 3 N–H and O–H groups in total. The topological polar surface area (TPSA) is 38.0 Å². The third-order valence-electron chi connectivity index (χ3n) is 3.31. The van der Waals surface area contributed by atoms with Gasteiger partial charge in [-0.3, -0.25) is 11.3 Å². The minimum absolute atomic E-state index is 0.291. The first-order valence-electron chi connectivity index (χ1n) is 6.14. The number of hydrogen-bond acceptors (Lipinski definition) is 2. The maximum atomic E-state index is 5.65. The molecule has 1 aromatic carbocycles. The van der Waals surface area contributed by atoms with Gasteiger partial charge in [-0.15, -0.1) is 0 Å². The molecule has 1 unspecified atom stereocenters. The van der Waals surface area contributed by atoms with Crippen LogP contribution in [0, 0.1) is 20.8 Å². The van der Waals surface area contributed by atoms with Crippen LogP contribution >= 0.6 is 0 Å². The number of aryl methyl sites for hydroxylation is 3. The highest BCUT2D eigenvalue weighted by Crippen LogP contribution is 2.24. The van der Waals surface area contributed by atoms with E-state index in [1.54, 1.807) is 0 Å². The largest absolute Gasteiger partial charge is 0.271 e. The van der Waals surface area contributed by atoms with Gasteiger partial charge in [0.1, 0.15) is 0 Å². The van der Waals surface area contributed by atoms with Gasteiger partial charge in [0.25, 0.3) is 0 Å². The molecule has 2 heteroatoms. The highest BCUT2D eigenvalue weighted by molar-refractivity contribution is 5.38. The maximum Gasteiger partial charge on any atom is 0.0462 e. The van der Waals surface area contributed by atoms with E-state index in [2.05, 4.69) is 45.3 Å². The second-order valence-electron chi connectivity index (χ2n) is 4.65. The third-order valence-corrected chi connectivity index (χ3v) is 3.31. The Morgan fingerprint density at radius 2 is 1.75 bits per heavy atom. The minimum Gasteiger partial charge on any atom is -0.271 e. The number of hydrogen-bond donors (Lipinski definition) is 2.